The molecular formula is C21H19F3N2O3S2. The van der Waals surface area contributed by atoms with Crippen molar-refractivity contribution in [3.8, 4) is 17.0 Å². The van der Waals surface area contributed by atoms with E-state index in [0.717, 1.165) is 40.7 Å². The highest BCUT2D eigenvalue weighted by atomic mass is 32.2. The number of nitrogens with zero attached hydrogens (tertiary/aromatic N) is 2. The zero-order valence-electron chi connectivity index (χ0n) is 16.2. The molecule has 1 aromatic heterocycles. The lowest BCUT2D eigenvalue weighted by Crippen LogP contribution is -2.39. The van der Waals surface area contributed by atoms with E-state index in [2.05, 4.69) is 14.6 Å². The molecule has 1 aliphatic rings. The minimum absolute atomic E-state index is 0.00101. The van der Waals surface area contributed by atoms with Crippen LogP contribution in [0.2, 0.25) is 0 Å². The number of rotatable bonds is 5. The lowest BCUT2D eigenvalue weighted by molar-refractivity contribution is -0.274. The van der Waals surface area contributed by atoms with Crippen LogP contribution in [0.3, 0.4) is 0 Å². The monoisotopic (exact) mass is 468 g/mol. The fourth-order valence-corrected chi connectivity index (χ4v) is 6.15. The molecule has 2 heterocycles. The van der Waals surface area contributed by atoms with Crippen molar-refractivity contribution in [1.82, 2.24) is 4.98 Å². The van der Waals surface area contributed by atoms with Gasteiger partial charge in [-0.15, -0.1) is 24.5 Å². The standard InChI is InChI=1S/C21H19F3N2O3S2/c22-21(23,24)29-16-6-8-17(9-7-16)31(27,28)18-10-12-26(13-11-18)20-25-19(14-30-20)15-4-2-1-3-5-15/h1-9,14,18H,10-13H2. The Kier molecular flexibility index (Phi) is 5.94. The third-order valence-electron chi connectivity index (χ3n) is 5.10. The molecule has 1 fully saturated rings. The Balaban J connectivity index is 1.41. The molecule has 0 bridgehead atoms. The van der Waals surface area contributed by atoms with Gasteiger partial charge in [0, 0.05) is 24.0 Å². The van der Waals surface area contributed by atoms with Gasteiger partial charge < -0.3 is 9.64 Å². The van der Waals surface area contributed by atoms with E-state index in [0.29, 0.717) is 25.9 Å². The maximum atomic E-state index is 12.9. The van der Waals surface area contributed by atoms with Crippen molar-refractivity contribution in [3.63, 3.8) is 0 Å². The highest BCUT2D eigenvalue weighted by Crippen LogP contribution is 2.32. The van der Waals surface area contributed by atoms with Crippen LogP contribution in [-0.4, -0.2) is 38.1 Å². The number of thiazole rings is 1. The smallest absolute Gasteiger partial charge is 0.406 e. The zero-order chi connectivity index (χ0) is 22.1. The lowest BCUT2D eigenvalue weighted by atomic mass is 10.1. The Labute approximate surface area is 182 Å². The number of anilines is 1. The summed E-state index contributed by atoms with van der Waals surface area (Å²) in [5, 5.41) is 2.24. The fourth-order valence-electron chi connectivity index (χ4n) is 3.53. The molecule has 0 radical (unpaired) electrons. The molecule has 0 saturated carbocycles. The topological polar surface area (TPSA) is 59.5 Å². The quantitative estimate of drug-likeness (QED) is 0.518. The predicted octanol–water partition coefficient (Wildman–Crippen LogP) is 5.15. The molecule has 164 valence electrons. The summed E-state index contributed by atoms with van der Waals surface area (Å²) in [5.74, 6) is -0.445. The van der Waals surface area contributed by atoms with E-state index >= 15 is 0 Å². The van der Waals surface area contributed by atoms with Gasteiger partial charge in [-0.05, 0) is 37.1 Å². The molecule has 31 heavy (non-hydrogen) atoms. The first-order valence-corrected chi connectivity index (χ1v) is 12.0. The maximum absolute atomic E-state index is 12.9. The number of aromatic nitrogens is 1. The van der Waals surface area contributed by atoms with E-state index < -0.39 is 27.2 Å². The van der Waals surface area contributed by atoms with E-state index in [1.165, 1.54) is 11.3 Å². The highest BCUT2D eigenvalue weighted by molar-refractivity contribution is 7.92. The Morgan fingerprint density at radius 1 is 1.00 bits per heavy atom. The van der Waals surface area contributed by atoms with Crippen LogP contribution in [0.25, 0.3) is 11.3 Å². The summed E-state index contributed by atoms with van der Waals surface area (Å²) in [4.78, 5) is 6.75. The summed E-state index contributed by atoms with van der Waals surface area (Å²) in [6.45, 7) is 1.09. The van der Waals surface area contributed by atoms with E-state index in [9.17, 15) is 21.6 Å². The third kappa shape index (κ3) is 5.01. The van der Waals surface area contributed by atoms with Crippen LogP contribution >= 0.6 is 11.3 Å². The number of alkyl halides is 3. The first kappa shape index (κ1) is 21.6. The van der Waals surface area contributed by atoms with Crippen molar-refractivity contribution in [2.24, 2.45) is 0 Å². The van der Waals surface area contributed by atoms with Crippen LogP contribution in [0, 0.1) is 0 Å². The van der Waals surface area contributed by atoms with Gasteiger partial charge in [-0.3, -0.25) is 0 Å². The molecular weight excluding hydrogens is 449 g/mol. The average molecular weight is 469 g/mol. The second kappa shape index (κ2) is 8.51. The number of sulfone groups is 1. The second-order valence-corrected chi connectivity index (χ2v) is 10.2. The summed E-state index contributed by atoms with van der Waals surface area (Å²) < 4.78 is 66.5. The van der Waals surface area contributed by atoms with Crippen molar-refractivity contribution in [3.05, 3.63) is 60.0 Å². The van der Waals surface area contributed by atoms with Gasteiger partial charge in [-0.25, -0.2) is 13.4 Å². The van der Waals surface area contributed by atoms with Gasteiger partial charge in [-0.1, -0.05) is 30.3 Å². The summed E-state index contributed by atoms with van der Waals surface area (Å²) in [5.41, 5.74) is 1.91. The first-order chi connectivity index (χ1) is 14.7. The number of halogens is 3. The maximum Gasteiger partial charge on any atom is 0.573 e. The van der Waals surface area contributed by atoms with E-state index in [4.69, 9.17) is 0 Å². The highest BCUT2D eigenvalue weighted by Gasteiger charge is 2.33. The number of benzene rings is 2. The van der Waals surface area contributed by atoms with Crippen LogP contribution in [0.5, 0.6) is 5.75 Å². The van der Waals surface area contributed by atoms with Gasteiger partial charge in [0.15, 0.2) is 15.0 Å². The molecule has 0 aliphatic carbocycles. The van der Waals surface area contributed by atoms with Gasteiger partial charge in [0.05, 0.1) is 15.8 Å². The number of ether oxygens (including phenoxy) is 1. The van der Waals surface area contributed by atoms with Gasteiger partial charge in [0.25, 0.3) is 0 Å². The summed E-state index contributed by atoms with van der Waals surface area (Å²) >= 11 is 1.52. The molecule has 0 atom stereocenters. The van der Waals surface area contributed by atoms with Crippen molar-refractivity contribution >= 4 is 26.3 Å². The largest absolute Gasteiger partial charge is 0.573 e. The van der Waals surface area contributed by atoms with Gasteiger partial charge in [0.2, 0.25) is 0 Å². The Morgan fingerprint density at radius 3 is 2.26 bits per heavy atom. The minimum Gasteiger partial charge on any atom is -0.406 e. The molecule has 3 aromatic rings. The molecule has 0 spiro atoms. The molecule has 1 aliphatic heterocycles. The molecule has 5 nitrogen and oxygen atoms in total. The van der Waals surface area contributed by atoms with Gasteiger partial charge in [-0.2, -0.15) is 0 Å². The van der Waals surface area contributed by atoms with Gasteiger partial charge in [0.1, 0.15) is 5.75 Å². The molecule has 2 aromatic carbocycles. The predicted molar refractivity (Wildman–Crippen MR) is 113 cm³/mol. The summed E-state index contributed by atoms with van der Waals surface area (Å²) in [6.07, 6.45) is -3.98. The van der Waals surface area contributed by atoms with Crippen LogP contribution in [0.1, 0.15) is 12.8 Å². The third-order valence-corrected chi connectivity index (χ3v) is 8.28. The molecule has 10 heteroatoms. The molecule has 0 N–H and O–H groups in total. The number of hydrogen-bond donors (Lipinski definition) is 0. The average Bonchev–Trinajstić information content (AvgIpc) is 3.24. The SMILES string of the molecule is O=S(=O)(c1ccc(OC(F)(F)F)cc1)C1CCN(c2nc(-c3ccccc3)cs2)CC1. The Bertz CT molecular complexity index is 1120. The second-order valence-electron chi connectivity index (χ2n) is 7.13. The Hall–Kier alpha value is -2.59. The van der Waals surface area contributed by atoms with Crippen LogP contribution in [0.4, 0.5) is 18.3 Å². The fraction of sp³-hybridized carbons (Fsp3) is 0.286. The molecule has 0 amide bonds. The van der Waals surface area contributed by atoms with E-state index in [1.54, 1.807) is 0 Å². The molecule has 1 saturated heterocycles. The van der Waals surface area contributed by atoms with Crippen LogP contribution in [0.15, 0.2) is 64.9 Å². The normalized spacial score (nSPS) is 15.8. The van der Waals surface area contributed by atoms with Crippen molar-refractivity contribution in [2.45, 2.75) is 29.3 Å². The Morgan fingerprint density at radius 2 is 1.65 bits per heavy atom. The van der Waals surface area contributed by atoms with Gasteiger partial charge >= 0.3 is 6.36 Å². The number of piperidine rings is 1. The molecule has 4 rings (SSSR count). The van der Waals surface area contributed by atoms with E-state index in [-0.39, 0.29) is 4.90 Å². The van der Waals surface area contributed by atoms with Crippen molar-refractivity contribution in [1.29, 1.82) is 0 Å². The minimum atomic E-state index is -4.82. The van der Waals surface area contributed by atoms with Crippen LogP contribution in [-0.2, 0) is 9.84 Å². The van der Waals surface area contributed by atoms with Crippen LogP contribution < -0.4 is 9.64 Å². The number of hydrogen-bond acceptors (Lipinski definition) is 6. The lowest BCUT2D eigenvalue weighted by Gasteiger charge is -2.31. The molecule has 0 unspecified atom stereocenters. The first-order valence-electron chi connectivity index (χ1n) is 9.58. The summed E-state index contributed by atoms with van der Waals surface area (Å²) in [7, 11) is -3.65. The zero-order valence-corrected chi connectivity index (χ0v) is 17.9. The van der Waals surface area contributed by atoms with E-state index in [1.807, 2.05) is 35.7 Å². The summed E-state index contributed by atoms with van der Waals surface area (Å²) in [6, 6.07) is 14.2. The van der Waals surface area contributed by atoms with Crippen molar-refractivity contribution < 1.29 is 26.3 Å². The van der Waals surface area contributed by atoms with Crippen molar-refractivity contribution in [2.75, 3.05) is 18.0 Å².